The van der Waals surface area contributed by atoms with Crippen LogP contribution in [0.3, 0.4) is 0 Å². The summed E-state index contributed by atoms with van der Waals surface area (Å²) in [6.45, 7) is 0.928. The number of hydrogen-bond acceptors (Lipinski definition) is 7. The van der Waals surface area contributed by atoms with Gasteiger partial charge in [-0.25, -0.2) is 0 Å². The van der Waals surface area contributed by atoms with E-state index in [4.69, 9.17) is 0 Å². The Kier molecular flexibility index (Phi) is 7.08. The fourth-order valence-corrected chi connectivity index (χ4v) is 4.78. The number of benzene rings is 2. The van der Waals surface area contributed by atoms with Gasteiger partial charge in [0.15, 0.2) is 0 Å². The molecule has 0 aromatic heterocycles. The smallest absolute Gasteiger partial charge is 0.382 e. The van der Waals surface area contributed by atoms with Gasteiger partial charge in [-0.1, -0.05) is 24.3 Å². The van der Waals surface area contributed by atoms with Crippen LogP contribution in [0.5, 0.6) is 5.75 Å². The predicted molar refractivity (Wildman–Crippen MR) is 114 cm³/mol. The zero-order valence-electron chi connectivity index (χ0n) is 17.1. The molecule has 1 aliphatic rings. The van der Waals surface area contributed by atoms with Crippen LogP contribution in [-0.2, 0) is 14.9 Å². The van der Waals surface area contributed by atoms with Gasteiger partial charge in [-0.15, -0.1) is 11.8 Å². The lowest BCUT2D eigenvalue weighted by Crippen LogP contribution is -2.43. The number of thioether (sulfide) groups is 1. The molecule has 7 nitrogen and oxygen atoms in total. The average Bonchev–Trinajstić information content (AvgIpc) is 2.81. The van der Waals surface area contributed by atoms with E-state index < -0.39 is 38.6 Å². The minimum absolute atomic E-state index is 0.356. The van der Waals surface area contributed by atoms with Gasteiger partial charge in [0.1, 0.15) is 11.9 Å². The van der Waals surface area contributed by atoms with E-state index in [-0.39, 0.29) is 0 Å². The first-order valence-corrected chi connectivity index (χ1v) is 11.7. The van der Waals surface area contributed by atoms with Crippen molar-refractivity contribution >= 4 is 33.5 Å². The third-order valence-electron chi connectivity index (χ3n) is 4.68. The fraction of sp³-hybridized carbons (Fsp3) is 0.350. The number of alkyl halides is 3. The van der Waals surface area contributed by atoms with Crippen molar-refractivity contribution in [3.05, 3.63) is 54.1 Å². The monoisotopic (exact) mass is 490 g/mol. The molecule has 1 N–H and O–H groups in total. The number of carbonyl (C=O) groups excluding carboxylic acids is 1. The Hall–Kier alpha value is -2.28. The van der Waals surface area contributed by atoms with Crippen LogP contribution in [0.2, 0.25) is 0 Å². The molecule has 1 heterocycles. The molecule has 0 radical (unpaired) electrons. The number of rotatable bonds is 6. The van der Waals surface area contributed by atoms with E-state index in [1.807, 2.05) is 25.1 Å². The van der Waals surface area contributed by atoms with Crippen molar-refractivity contribution in [2.75, 3.05) is 32.1 Å². The first kappa shape index (κ1) is 24.4. The summed E-state index contributed by atoms with van der Waals surface area (Å²) in [5.74, 6) is -1.03. The summed E-state index contributed by atoms with van der Waals surface area (Å²) in [5, 5.41) is 10.1. The third kappa shape index (κ3) is 5.20. The lowest BCUT2D eigenvalue weighted by Gasteiger charge is -2.26. The number of hydrogen-bond donors (Lipinski definition) is 1. The van der Waals surface area contributed by atoms with Crippen molar-refractivity contribution in [1.29, 1.82) is 0 Å². The summed E-state index contributed by atoms with van der Waals surface area (Å²) in [5.41, 5.74) is -4.47. The number of aliphatic hydroxyl groups excluding tert-OH is 1. The summed E-state index contributed by atoms with van der Waals surface area (Å²) in [6, 6.07) is 11.9. The van der Waals surface area contributed by atoms with Crippen molar-refractivity contribution in [1.82, 2.24) is 4.90 Å². The largest absolute Gasteiger partial charge is 0.534 e. The number of carbonyl (C=O) groups is 1. The van der Waals surface area contributed by atoms with E-state index >= 15 is 0 Å². The maximum atomic E-state index is 13.1. The Morgan fingerprint density at radius 3 is 2.34 bits per heavy atom. The quantitative estimate of drug-likeness (QED) is 0.492. The van der Waals surface area contributed by atoms with Crippen LogP contribution >= 0.6 is 11.8 Å². The standard InChI is InChI=1S/C20H21F3N2O5S2/c1-24(2)11-12-25-15-5-3-4-6-16(15)31-18(17(26)19(25)27)13-7-9-14(10-8-13)30-32(28,29)20(21,22)23/h3-10,17-18,26H,11-12H2,1-2H3. The van der Waals surface area contributed by atoms with E-state index in [2.05, 4.69) is 4.18 Å². The molecule has 1 aliphatic heterocycles. The summed E-state index contributed by atoms with van der Waals surface area (Å²) in [7, 11) is -2.06. The molecule has 0 fully saturated rings. The van der Waals surface area contributed by atoms with Crippen LogP contribution in [-0.4, -0.2) is 63.1 Å². The zero-order valence-corrected chi connectivity index (χ0v) is 18.7. The second kappa shape index (κ2) is 9.30. The van der Waals surface area contributed by atoms with Crippen LogP contribution in [0.1, 0.15) is 10.8 Å². The Morgan fingerprint density at radius 1 is 1.12 bits per heavy atom. The van der Waals surface area contributed by atoms with Gasteiger partial charge in [-0.3, -0.25) is 4.79 Å². The van der Waals surface area contributed by atoms with Crippen LogP contribution in [0, 0.1) is 0 Å². The van der Waals surface area contributed by atoms with Gasteiger partial charge in [-0.05, 0) is 43.9 Å². The van der Waals surface area contributed by atoms with Crippen LogP contribution in [0.25, 0.3) is 0 Å². The van der Waals surface area contributed by atoms with Crippen LogP contribution < -0.4 is 9.08 Å². The normalized spacial score (nSPS) is 19.6. The predicted octanol–water partition coefficient (Wildman–Crippen LogP) is 3.02. The molecule has 0 spiro atoms. The van der Waals surface area contributed by atoms with Gasteiger partial charge in [-0.2, -0.15) is 21.6 Å². The average molecular weight is 491 g/mol. The molecular weight excluding hydrogens is 469 g/mol. The minimum atomic E-state index is -5.79. The first-order chi connectivity index (χ1) is 14.9. The Balaban J connectivity index is 1.90. The molecule has 3 rings (SSSR count). The van der Waals surface area contributed by atoms with Crippen molar-refractivity contribution in [3.8, 4) is 5.75 Å². The van der Waals surface area contributed by atoms with E-state index in [0.29, 0.717) is 24.3 Å². The molecule has 2 unspecified atom stereocenters. The molecule has 0 bridgehead atoms. The number of para-hydroxylation sites is 1. The van der Waals surface area contributed by atoms with Gasteiger partial charge in [0.2, 0.25) is 0 Å². The summed E-state index contributed by atoms with van der Waals surface area (Å²) >= 11 is 1.24. The second-order valence-electron chi connectivity index (χ2n) is 7.30. The van der Waals surface area contributed by atoms with Crippen LogP contribution in [0.15, 0.2) is 53.4 Å². The molecule has 2 aromatic carbocycles. The highest BCUT2D eigenvalue weighted by molar-refractivity contribution is 7.99. The van der Waals surface area contributed by atoms with Gasteiger partial charge >= 0.3 is 15.6 Å². The second-order valence-corrected chi connectivity index (χ2v) is 10.0. The van der Waals surface area contributed by atoms with Gasteiger partial charge < -0.3 is 19.1 Å². The van der Waals surface area contributed by atoms with Crippen molar-refractivity contribution in [3.63, 3.8) is 0 Å². The third-order valence-corrected chi connectivity index (χ3v) is 7.05. The van der Waals surface area contributed by atoms with E-state index in [9.17, 15) is 31.5 Å². The summed E-state index contributed by atoms with van der Waals surface area (Å²) < 4.78 is 64.1. The molecule has 0 saturated carbocycles. The fourth-order valence-electron chi connectivity index (χ4n) is 3.06. The van der Waals surface area contributed by atoms with Gasteiger partial charge in [0.05, 0.1) is 10.9 Å². The summed E-state index contributed by atoms with van der Waals surface area (Å²) in [4.78, 5) is 17.3. The number of anilines is 1. The Morgan fingerprint density at radius 2 is 1.75 bits per heavy atom. The van der Waals surface area contributed by atoms with E-state index in [1.165, 1.54) is 28.8 Å². The highest BCUT2D eigenvalue weighted by atomic mass is 32.2. The SMILES string of the molecule is CN(C)CCN1C(=O)C(O)C(c2ccc(OS(=O)(=O)C(F)(F)F)cc2)Sc2ccccc21. The van der Waals surface area contributed by atoms with Gasteiger partial charge in [0.25, 0.3) is 5.91 Å². The Labute approximate surface area is 187 Å². The zero-order chi connectivity index (χ0) is 23.7. The molecule has 32 heavy (non-hydrogen) atoms. The first-order valence-electron chi connectivity index (χ1n) is 9.41. The van der Waals surface area contributed by atoms with E-state index in [1.54, 1.807) is 18.2 Å². The molecule has 0 aliphatic carbocycles. The number of nitrogens with zero attached hydrogens (tertiary/aromatic N) is 2. The molecular formula is C20H21F3N2O5S2. The number of fused-ring (bicyclic) bond motifs is 1. The molecule has 2 atom stereocenters. The number of halogens is 3. The maximum absolute atomic E-state index is 13.1. The topological polar surface area (TPSA) is 87.2 Å². The van der Waals surface area contributed by atoms with Crippen molar-refractivity contribution in [2.24, 2.45) is 0 Å². The molecule has 2 aromatic rings. The lowest BCUT2D eigenvalue weighted by molar-refractivity contribution is -0.126. The van der Waals surface area contributed by atoms with Gasteiger partial charge in [0, 0.05) is 18.0 Å². The molecule has 12 heteroatoms. The Bertz CT molecular complexity index is 1080. The highest BCUT2D eigenvalue weighted by Crippen LogP contribution is 2.45. The number of amides is 1. The highest BCUT2D eigenvalue weighted by Gasteiger charge is 2.48. The number of likely N-dealkylation sites (N-methyl/N-ethyl adjacent to an activating group) is 1. The molecule has 1 amide bonds. The molecule has 0 saturated heterocycles. The minimum Gasteiger partial charge on any atom is -0.382 e. The number of aliphatic hydroxyl groups is 1. The van der Waals surface area contributed by atoms with Crippen LogP contribution in [0.4, 0.5) is 18.9 Å². The van der Waals surface area contributed by atoms with E-state index in [0.717, 1.165) is 17.0 Å². The van der Waals surface area contributed by atoms with Crippen molar-refractivity contribution < 1.29 is 35.7 Å². The van der Waals surface area contributed by atoms with Crippen molar-refractivity contribution in [2.45, 2.75) is 21.8 Å². The maximum Gasteiger partial charge on any atom is 0.534 e. The summed E-state index contributed by atoms with van der Waals surface area (Å²) in [6.07, 6.45) is -1.43. The molecule has 174 valence electrons. The lowest BCUT2D eigenvalue weighted by atomic mass is 10.1.